The molecule has 4 N–H and O–H groups in total. The molecule has 0 unspecified atom stereocenters. The molecule has 0 saturated carbocycles. The van der Waals surface area contributed by atoms with E-state index in [-0.39, 0.29) is 59.8 Å². The van der Waals surface area contributed by atoms with E-state index in [1.807, 2.05) is 6.07 Å². The molecule has 0 spiro atoms. The SMILES string of the molecule is CNC(=O)c1cc(COc2nc(N)c(C#N)c(-c3ccc(OCCO)cc3)c2C#N)ccn1. The molecule has 0 bridgehead atoms. The maximum Gasteiger partial charge on any atom is 0.269 e. The van der Waals surface area contributed by atoms with Gasteiger partial charge in [0, 0.05) is 18.8 Å². The van der Waals surface area contributed by atoms with Gasteiger partial charge in [-0.05, 0) is 35.4 Å². The molecule has 0 fully saturated rings. The molecule has 2 heterocycles. The van der Waals surface area contributed by atoms with Crippen molar-refractivity contribution in [3.8, 4) is 34.9 Å². The lowest BCUT2D eigenvalue weighted by Crippen LogP contribution is -2.19. The molecule has 10 heteroatoms. The Labute approximate surface area is 189 Å². The number of pyridine rings is 2. The first-order valence-corrected chi connectivity index (χ1v) is 9.80. The molecule has 0 aliphatic carbocycles. The monoisotopic (exact) mass is 444 g/mol. The lowest BCUT2D eigenvalue weighted by atomic mass is 9.96. The van der Waals surface area contributed by atoms with Crippen LogP contribution in [-0.4, -0.2) is 41.2 Å². The molecule has 3 aromatic rings. The molecular weight excluding hydrogens is 424 g/mol. The molecule has 0 aliphatic heterocycles. The van der Waals surface area contributed by atoms with E-state index in [2.05, 4.69) is 21.4 Å². The zero-order valence-corrected chi connectivity index (χ0v) is 17.7. The van der Waals surface area contributed by atoms with E-state index in [1.54, 1.807) is 36.4 Å². The van der Waals surface area contributed by atoms with Crippen molar-refractivity contribution in [3.63, 3.8) is 0 Å². The first kappa shape index (κ1) is 23.0. The number of aliphatic hydroxyl groups excluding tert-OH is 1. The van der Waals surface area contributed by atoms with Gasteiger partial charge in [0.2, 0.25) is 5.88 Å². The number of nitrogen functional groups attached to an aromatic ring is 1. The predicted molar refractivity (Wildman–Crippen MR) is 118 cm³/mol. The number of aromatic nitrogens is 2. The summed E-state index contributed by atoms with van der Waals surface area (Å²) in [6.45, 7) is 0.0125. The second kappa shape index (κ2) is 10.6. The molecule has 2 aromatic heterocycles. The van der Waals surface area contributed by atoms with E-state index in [4.69, 9.17) is 20.3 Å². The lowest BCUT2D eigenvalue weighted by Gasteiger charge is -2.14. The molecule has 0 radical (unpaired) electrons. The summed E-state index contributed by atoms with van der Waals surface area (Å²) >= 11 is 0. The van der Waals surface area contributed by atoms with Gasteiger partial charge in [0.05, 0.1) is 6.61 Å². The van der Waals surface area contributed by atoms with Gasteiger partial charge in [0.1, 0.15) is 53.7 Å². The molecular formula is C23H20N6O4. The van der Waals surface area contributed by atoms with Crippen LogP contribution in [0.15, 0.2) is 42.6 Å². The normalized spacial score (nSPS) is 10.1. The van der Waals surface area contributed by atoms with Crippen molar-refractivity contribution < 1.29 is 19.4 Å². The van der Waals surface area contributed by atoms with E-state index in [0.717, 1.165) is 0 Å². The number of amides is 1. The second-order valence-electron chi connectivity index (χ2n) is 6.66. The first-order chi connectivity index (χ1) is 16.0. The number of carbonyl (C=O) groups is 1. The zero-order chi connectivity index (χ0) is 23.8. The standard InChI is InChI=1S/C23H20N6O4/c1-27-22(31)19-10-14(6-7-28-19)13-33-23-18(12-25)20(17(11-24)21(26)29-23)15-2-4-16(5-3-15)32-9-8-30/h2-7,10,30H,8-9,13H2,1H3,(H2,26,29)(H,27,31). The van der Waals surface area contributed by atoms with Gasteiger partial charge in [-0.3, -0.25) is 9.78 Å². The zero-order valence-electron chi connectivity index (χ0n) is 17.7. The number of rotatable bonds is 8. The number of nitrogens with two attached hydrogens (primary N) is 1. The molecule has 0 aliphatic rings. The van der Waals surface area contributed by atoms with Crippen molar-refractivity contribution >= 4 is 11.7 Å². The van der Waals surface area contributed by atoms with E-state index in [0.29, 0.717) is 16.9 Å². The quantitative estimate of drug-likeness (QED) is 0.469. The maximum absolute atomic E-state index is 11.8. The van der Waals surface area contributed by atoms with Crippen LogP contribution in [0, 0.1) is 22.7 Å². The molecule has 1 amide bonds. The molecule has 166 valence electrons. The number of anilines is 1. The van der Waals surface area contributed by atoms with E-state index in [1.165, 1.54) is 13.2 Å². The average molecular weight is 444 g/mol. The average Bonchev–Trinajstić information content (AvgIpc) is 2.85. The summed E-state index contributed by atoms with van der Waals surface area (Å²) in [5, 5.41) is 30.9. The molecule has 0 saturated heterocycles. The second-order valence-corrected chi connectivity index (χ2v) is 6.66. The molecule has 10 nitrogen and oxygen atoms in total. The number of carbonyl (C=O) groups excluding carboxylic acids is 1. The minimum atomic E-state index is -0.344. The Morgan fingerprint density at radius 1 is 1.15 bits per heavy atom. The number of hydrogen-bond acceptors (Lipinski definition) is 9. The minimum Gasteiger partial charge on any atom is -0.491 e. The summed E-state index contributed by atoms with van der Waals surface area (Å²) < 4.78 is 11.1. The van der Waals surface area contributed by atoms with Gasteiger partial charge in [-0.25, -0.2) is 0 Å². The minimum absolute atomic E-state index is 0.00703. The Balaban J connectivity index is 1.98. The first-order valence-electron chi connectivity index (χ1n) is 9.80. The fourth-order valence-electron chi connectivity index (χ4n) is 3.04. The smallest absolute Gasteiger partial charge is 0.269 e. The third-order valence-electron chi connectivity index (χ3n) is 4.58. The number of hydrogen-bond donors (Lipinski definition) is 3. The molecule has 1 aromatic carbocycles. The number of aliphatic hydroxyl groups is 1. The van der Waals surface area contributed by atoms with Gasteiger partial charge in [0.15, 0.2) is 0 Å². The Kier molecular flexibility index (Phi) is 7.37. The molecule has 33 heavy (non-hydrogen) atoms. The van der Waals surface area contributed by atoms with Crippen LogP contribution in [0.3, 0.4) is 0 Å². The van der Waals surface area contributed by atoms with Crippen molar-refractivity contribution in [2.24, 2.45) is 0 Å². The van der Waals surface area contributed by atoms with E-state index >= 15 is 0 Å². The van der Waals surface area contributed by atoms with Crippen LogP contribution in [-0.2, 0) is 6.61 Å². The topological polar surface area (TPSA) is 167 Å². The fraction of sp³-hybridized carbons (Fsp3) is 0.174. The van der Waals surface area contributed by atoms with Gasteiger partial charge in [-0.2, -0.15) is 15.5 Å². The highest BCUT2D eigenvalue weighted by atomic mass is 16.5. The predicted octanol–water partition coefficient (Wildman–Crippen LogP) is 1.78. The van der Waals surface area contributed by atoms with Gasteiger partial charge in [-0.1, -0.05) is 12.1 Å². The van der Waals surface area contributed by atoms with Gasteiger partial charge in [0.25, 0.3) is 5.91 Å². The van der Waals surface area contributed by atoms with Crippen LogP contribution in [0.25, 0.3) is 11.1 Å². The van der Waals surface area contributed by atoms with Crippen LogP contribution in [0.2, 0.25) is 0 Å². The van der Waals surface area contributed by atoms with Crippen molar-refractivity contribution in [2.45, 2.75) is 6.61 Å². The Bertz CT molecular complexity index is 1250. The Morgan fingerprint density at radius 3 is 2.52 bits per heavy atom. The van der Waals surface area contributed by atoms with Crippen LogP contribution in [0.5, 0.6) is 11.6 Å². The maximum atomic E-state index is 11.8. The largest absolute Gasteiger partial charge is 0.491 e. The summed E-state index contributed by atoms with van der Waals surface area (Å²) in [5.41, 5.74) is 7.78. The van der Waals surface area contributed by atoms with Crippen molar-refractivity contribution in [3.05, 3.63) is 65.0 Å². The summed E-state index contributed by atoms with van der Waals surface area (Å²) in [5.74, 6) is 0.0581. The fourth-order valence-corrected chi connectivity index (χ4v) is 3.04. The Hall–Kier alpha value is -4.67. The summed E-state index contributed by atoms with van der Waals surface area (Å²) in [6.07, 6.45) is 1.47. The van der Waals surface area contributed by atoms with Gasteiger partial charge < -0.3 is 25.6 Å². The summed E-state index contributed by atoms with van der Waals surface area (Å²) in [6, 6.07) is 13.9. The third-order valence-corrected chi connectivity index (χ3v) is 4.58. The van der Waals surface area contributed by atoms with Crippen LogP contribution >= 0.6 is 0 Å². The van der Waals surface area contributed by atoms with Crippen molar-refractivity contribution in [1.29, 1.82) is 10.5 Å². The van der Waals surface area contributed by atoms with Crippen LogP contribution < -0.4 is 20.5 Å². The number of nitrogens with zero attached hydrogens (tertiary/aromatic N) is 4. The highest BCUT2D eigenvalue weighted by Gasteiger charge is 2.21. The molecule has 0 atom stereocenters. The number of nitriles is 2. The summed E-state index contributed by atoms with van der Waals surface area (Å²) in [7, 11) is 1.50. The van der Waals surface area contributed by atoms with E-state index < -0.39 is 0 Å². The molecule has 3 rings (SSSR count). The van der Waals surface area contributed by atoms with Crippen molar-refractivity contribution in [1.82, 2.24) is 15.3 Å². The van der Waals surface area contributed by atoms with Gasteiger partial charge in [-0.15, -0.1) is 0 Å². The van der Waals surface area contributed by atoms with Crippen LogP contribution in [0.4, 0.5) is 5.82 Å². The Morgan fingerprint density at radius 2 is 1.88 bits per heavy atom. The third kappa shape index (κ3) is 5.15. The number of nitrogens with one attached hydrogen (secondary N) is 1. The van der Waals surface area contributed by atoms with Crippen molar-refractivity contribution in [2.75, 3.05) is 26.0 Å². The number of benzene rings is 1. The lowest BCUT2D eigenvalue weighted by molar-refractivity contribution is 0.0958. The van der Waals surface area contributed by atoms with Gasteiger partial charge >= 0.3 is 0 Å². The van der Waals surface area contributed by atoms with Crippen LogP contribution in [0.1, 0.15) is 27.2 Å². The highest BCUT2D eigenvalue weighted by molar-refractivity contribution is 5.92. The van der Waals surface area contributed by atoms with E-state index in [9.17, 15) is 15.3 Å². The highest BCUT2D eigenvalue weighted by Crippen LogP contribution is 2.36. The summed E-state index contributed by atoms with van der Waals surface area (Å²) in [4.78, 5) is 19.9. The number of ether oxygens (including phenoxy) is 2.